The number of rotatable bonds is 3. The number of nitrogens with one attached hydrogen (secondary N) is 1. The summed E-state index contributed by atoms with van der Waals surface area (Å²) in [5, 5.41) is 6.44. The fourth-order valence-corrected chi connectivity index (χ4v) is 3.41. The van der Waals surface area contributed by atoms with Gasteiger partial charge < -0.3 is 16.8 Å². The maximum atomic E-state index is 13.4. The van der Waals surface area contributed by atoms with Crippen LogP contribution >= 0.6 is 11.6 Å². The molecule has 1 heterocycles. The molecule has 0 atom stereocenters. The zero-order valence-electron chi connectivity index (χ0n) is 17.9. The first-order valence-corrected chi connectivity index (χ1v) is 9.99. The van der Waals surface area contributed by atoms with Gasteiger partial charge in [0.1, 0.15) is 11.5 Å². The number of carbonyl (C=O) groups excluding carboxylic acids is 2. The summed E-state index contributed by atoms with van der Waals surface area (Å²) < 4.78 is 0. The van der Waals surface area contributed by atoms with E-state index < -0.39 is 0 Å². The van der Waals surface area contributed by atoms with Crippen molar-refractivity contribution < 1.29 is 9.59 Å². The minimum atomic E-state index is -0.339. The number of nitrogens with two attached hydrogens (primary N) is 2. The Balaban J connectivity index is 1.98. The lowest BCUT2D eigenvalue weighted by Gasteiger charge is -2.32. The van der Waals surface area contributed by atoms with Gasteiger partial charge in [-0.2, -0.15) is 0 Å². The number of hydrogen-bond donors (Lipinski definition) is 3. The molecule has 5 N–H and O–H groups in total. The summed E-state index contributed by atoms with van der Waals surface area (Å²) >= 11 is 6.05. The predicted molar refractivity (Wildman–Crippen MR) is 123 cm³/mol. The van der Waals surface area contributed by atoms with Crippen LogP contribution in [0, 0.1) is 6.92 Å². The maximum Gasteiger partial charge on any atom is 0.272 e. The first-order valence-electron chi connectivity index (χ1n) is 9.61. The van der Waals surface area contributed by atoms with Gasteiger partial charge in [-0.1, -0.05) is 17.7 Å². The van der Waals surface area contributed by atoms with Gasteiger partial charge in [0.25, 0.3) is 5.91 Å². The molecule has 0 saturated carbocycles. The van der Waals surface area contributed by atoms with E-state index in [1.54, 1.807) is 38.2 Å². The normalized spacial score (nSPS) is 14.2. The quantitative estimate of drug-likeness (QED) is 0.633. The second-order valence-electron chi connectivity index (χ2n) is 7.39. The zero-order valence-corrected chi connectivity index (χ0v) is 18.6. The number of anilines is 1. The molecule has 2 aromatic carbocycles. The highest BCUT2D eigenvalue weighted by atomic mass is 35.5. The van der Waals surface area contributed by atoms with Crippen LogP contribution < -0.4 is 16.8 Å². The molecule has 1 aliphatic rings. The van der Waals surface area contributed by atoms with Crippen molar-refractivity contribution in [1.82, 2.24) is 10.0 Å². The average molecular weight is 441 g/mol. The second-order valence-corrected chi connectivity index (χ2v) is 7.82. The van der Waals surface area contributed by atoms with Crippen molar-refractivity contribution >= 4 is 40.6 Å². The topological polar surface area (TPSA) is 117 Å². The summed E-state index contributed by atoms with van der Waals surface area (Å²) in [7, 11) is 1.56. The smallest absolute Gasteiger partial charge is 0.272 e. The van der Waals surface area contributed by atoms with Gasteiger partial charge in [0.05, 0.1) is 17.9 Å². The van der Waals surface area contributed by atoms with Crippen molar-refractivity contribution in [2.24, 2.45) is 16.5 Å². The van der Waals surface area contributed by atoms with Crippen LogP contribution in [-0.4, -0.2) is 34.7 Å². The standard InChI is InChI=1S/C22H25ClN6O2/c1-12-9-17(23)7-5-16(12)11-29(28(4)14(3)30)22(31)15-6-8-18-19(10-15)26-20(13(2)24)21(25)27-18/h5-10,26H,11,24H2,1-4H3,(H2,25,27)/b20-13-. The van der Waals surface area contributed by atoms with Crippen LogP contribution in [0.4, 0.5) is 11.4 Å². The molecule has 162 valence electrons. The number of amidine groups is 1. The lowest BCUT2D eigenvalue weighted by molar-refractivity contribution is -0.140. The maximum absolute atomic E-state index is 13.4. The van der Waals surface area contributed by atoms with Crippen LogP contribution in [0.15, 0.2) is 52.8 Å². The monoisotopic (exact) mass is 440 g/mol. The van der Waals surface area contributed by atoms with E-state index in [-0.39, 0.29) is 24.2 Å². The van der Waals surface area contributed by atoms with Crippen molar-refractivity contribution in [1.29, 1.82) is 0 Å². The van der Waals surface area contributed by atoms with Gasteiger partial charge in [0.15, 0.2) is 0 Å². The van der Waals surface area contributed by atoms with Crippen molar-refractivity contribution in [3.8, 4) is 0 Å². The van der Waals surface area contributed by atoms with Gasteiger partial charge in [-0.05, 0) is 55.3 Å². The fourth-order valence-electron chi connectivity index (χ4n) is 3.18. The van der Waals surface area contributed by atoms with E-state index in [1.807, 2.05) is 19.1 Å². The third kappa shape index (κ3) is 4.64. The van der Waals surface area contributed by atoms with Gasteiger partial charge in [-0.25, -0.2) is 10.0 Å². The highest BCUT2D eigenvalue weighted by Gasteiger charge is 2.25. The molecule has 1 aliphatic heterocycles. The van der Waals surface area contributed by atoms with Crippen molar-refractivity contribution in [2.45, 2.75) is 27.3 Å². The Hall–Kier alpha value is -3.52. The third-order valence-electron chi connectivity index (χ3n) is 5.07. The van der Waals surface area contributed by atoms with Crippen molar-refractivity contribution in [2.75, 3.05) is 12.4 Å². The molecule has 2 aromatic rings. The number of carbonyl (C=O) groups is 2. The number of aliphatic imine (C=N–C) groups is 1. The van der Waals surface area contributed by atoms with Gasteiger partial charge in [0, 0.05) is 30.3 Å². The second kappa shape index (κ2) is 8.69. The number of aryl methyl sites for hydroxylation is 1. The molecule has 8 nitrogen and oxygen atoms in total. The fraction of sp³-hybridized carbons (Fsp3) is 0.227. The van der Waals surface area contributed by atoms with E-state index in [1.165, 1.54) is 16.9 Å². The summed E-state index contributed by atoms with van der Waals surface area (Å²) in [6.07, 6.45) is 0. The molecule has 0 aliphatic carbocycles. The molecule has 0 radical (unpaired) electrons. The molecule has 3 rings (SSSR count). The number of amides is 2. The molecule has 0 saturated heterocycles. The van der Waals surface area contributed by atoms with Gasteiger partial charge in [0.2, 0.25) is 5.91 Å². The summed E-state index contributed by atoms with van der Waals surface area (Å²) in [4.78, 5) is 29.8. The van der Waals surface area contributed by atoms with Gasteiger partial charge in [-0.3, -0.25) is 14.6 Å². The molecule has 0 aromatic heterocycles. The van der Waals surface area contributed by atoms with Gasteiger partial charge in [-0.15, -0.1) is 0 Å². The van der Waals surface area contributed by atoms with E-state index >= 15 is 0 Å². The molecule has 0 unspecified atom stereocenters. The number of nitrogens with zero attached hydrogens (tertiary/aromatic N) is 3. The van der Waals surface area contributed by atoms with Crippen LogP contribution in [0.25, 0.3) is 0 Å². The SMILES string of the molecule is CC(=O)N(C)N(Cc1ccc(Cl)cc1C)C(=O)c1ccc2c(c1)N/C(=C(/C)N)C(N)=N2. The van der Waals surface area contributed by atoms with Gasteiger partial charge >= 0.3 is 0 Å². The Morgan fingerprint density at radius 3 is 2.48 bits per heavy atom. The molecular weight excluding hydrogens is 416 g/mol. The van der Waals surface area contributed by atoms with Crippen LogP contribution in [0.1, 0.15) is 35.3 Å². The molecule has 2 amide bonds. The minimum absolute atomic E-state index is 0.209. The summed E-state index contributed by atoms with van der Waals surface area (Å²) in [5.41, 5.74) is 16.2. The Labute approximate surface area is 186 Å². The molecular formula is C22H25ClN6O2. The third-order valence-corrected chi connectivity index (χ3v) is 5.31. The zero-order chi connectivity index (χ0) is 22.9. The van der Waals surface area contributed by atoms with E-state index in [0.717, 1.165) is 11.1 Å². The first kappa shape index (κ1) is 22.2. The Morgan fingerprint density at radius 2 is 1.87 bits per heavy atom. The molecule has 0 fully saturated rings. The Kier molecular flexibility index (Phi) is 6.21. The lowest BCUT2D eigenvalue weighted by atomic mass is 10.1. The number of benzene rings is 2. The summed E-state index contributed by atoms with van der Waals surface area (Å²) in [6, 6.07) is 10.4. The number of halogens is 1. The largest absolute Gasteiger partial charge is 0.400 e. The van der Waals surface area contributed by atoms with Crippen LogP contribution in [0.3, 0.4) is 0 Å². The number of hydrazine groups is 1. The van der Waals surface area contributed by atoms with Crippen LogP contribution in [0.2, 0.25) is 5.02 Å². The Bertz CT molecular complexity index is 1120. The van der Waals surface area contributed by atoms with Crippen LogP contribution in [0.5, 0.6) is 0 Å². The van der Waals surface area contributed by atoms with E-state index in [9.17, 15) is 9.59 Å². The highest BCUT2D eigenvalue weighted by Crippen LogP contribution is 2.32. The summed E-state index contributed by atoms with van der Waals surface area (Å²) in [5.74, 6) is -0.325. The van der Waals surface area contributed by atoms with E-state index in [2.05, 4.69) is 10.3 Å². The van der Waals surface area contributed by atoms with E-state index in [4.69, 9.17) is 23.1 Å². The van der Waals surface area contributed by atoms with Crippen molar-refractivity contribution in [3.63, 3.8) is 0 Å². The Morgan fingerprint density at radius 1 is 1.16 bits per heavy atom. The average Bonchev–Trinajstić information content (AvgIpc) is 2.71. The van der Waals surface area contributed by atoms with E-state index in [0.29, 0.717) is 33.4 Å². The number of fused-ring (bicyclic) bond motifs is 1. The molecule has 9 heteroatoms. The molecule has 0 spiro atoms. The minimum Gasteiger partial charge on any atom is -0.400 e. The molecule has 31 heavy (non-hydrogen) atoms. The van der Waals surface area contributed by atoms with Crippen LogP contribution in [-0.2, 0) is 11.3 Å². The number of hydrogen-bond acceptors (Lipinski definition) is 6. The summed E-state index contributed by atoms with van der Waals surface area (Å²) in [6.45, 7) is 5.23. The first-order chi connectivity index (χ1) is 14.6. The lowest BCUT2D eigenvalue weighted by Crippen LogP contribution is -2.46. The number of allylic oxidation sites excluding steroid dienone is 1. The van der Waals surface area contributed by atoms with Crippen molar-refractivity contribution in [3.05, 3.63) is 69.5 Å². The highest BCUT2D eigenvalue weighted by molar-refractivity contribution is 6.30. The molecule has 0 bridgehead atoms. The predicted octanol–water partition coefficient (Wildman–Crippen LogP) is 3.29.